The molecule has 2 saturated heterocycles. The van der Waals surface area contributed by atoms with Crippen molar-refractivity contribution in [3.63, 3.8) is 0 Å². The molecule has 94 valence electrons. The van der Waals surface area contributed by atoms with Crippen LogP contribution in [0.25, 0.3) is 0 Å². The minimum atomic E-state index is 0.177. The summed E-state index contributed by atoms with van der Waals surface area (Å²) in [4.78, 5) is 0.654. The third-order valence-corrected chi connectivity index (χ3v) is 4.43. The van der Waals surface area contributed by atoms with Gasteiger partial charge < -0.3 is 9.47 Å². The van der Waals surface area contributed by atoms with Crippen LogP contribution >= 0.6 is 15.9 Å². The minimum absolute atomic E-state index is 0.177. The van der Waals surface area contributed by atoms with E-state index in [0.29, 0.717) is 4.83 Å². The lowest BCUT2D eigenvalue weighted by Gasteiger charge is -2.43. The molecule has 0 aromatic rings. The Balaban J connectivity index is 1.83. The first-order chi connectivity index (χ1) is 7.70. The highest BCUT2D eigenvalue weighted by Gasteiger charge is 2.38. The van der Waals surface area contributed by atoms with Gasteiger partial charge in [0.15, 0.2) is 0 Å². The molecule has 2 heterocycles. The van der Waals surface area contributed by atoms with Crippen LogP contribution in [0, 0.1) is 5.92 Å². The fourth-order valence-corrected chi connectivity index (χ4v) is 3.20. The molecule has 2 unspecified atom stereocenters. The second-order valence-corrected chi connectivity index (χ2v) is 6.92. The summed E-state index contributed by atoms with van der Waals surface area (Å²) < 4.78 is 11.5. The van der Waals surface area contributed by atoms with Crippen LogP contribution in [0.2, 0.25) is 0 Å². The van der Waals surface area contributed by atoms with Gasteiger partial charge in [-0.1, -0.05) is 22.9 Å². The summed E-state index contributed by atoms with van der Waals surface area (Å²) in [5.41, 5.74) is 0.177. The first-order valence-electron chi connectivity index (χ1n) is 6.56. The average Bonchev–Trinajstić information content (AvgIpc) is 2.28. The highest BCUT2D eigenvalue weighted by atomic mass is 79.9. The molecule has 2 atom stereocenters. The average molecular weight is 291 g/mol. The molecule has 2 fully saturated rings. The Morgan fingerprint density at radius 3 is 2.75 bits per heavy atom. The summed E-state index contributed by atoms with van der Waals surface area (Å²) in [7, 11) is 0. The van der Waals surface area contributed by atoms with Crippen molar-refractivity contribution >= 4 is 15.9 Å². The van der Waals surface area contributed by atoms with Crippen molar-refractivity contribution in [2.24, 2.45) is 5.92 Å². The third kappa shape index (κ3) is 3.44. The Morgan fingerprint density at radius 2 is 2.06 bits per heavy atom. The van der Waals surface area contributed by atoms with Crippen molar-refractivity contribution in [1.29, 1.82) is 0 Å². The zero-order chi connectivity index (χ0) is 11.4. The normalized spacial score (nSPS) is 31.5. The maximum atomic E-state index is 6.05. The first-order valence-corrected chi connectivity index (χ1v) is 7.48. The van der Waals surface area contributed by atoms with Crippen LogP contribution in [-0.4, -0.2) is 30.2 Å². The predicted octanol–water partition coefficient (Wildman–Crippen LogP) is 3.53. The van der Waals surface area contributed by atoms with Gasteiger partial charge in [0.1, 0.15) is 0 Å². The topological polar surface area (TPSA) is 18.5 Å². The van der Waals surface area contributed by atoms with E-state index in [1.165, 1.54) is 25.7 Å². The lowest BCUT2D eigenvalue weighted by Crippen LogP contribution is -2.44. The molecule has 0 radical (unpaired) electrons. The fourth-order valence-electron chi connectivity index (χ4n) is 2.93. The molecule has 0 amide bonds. The van der Waals surface area contributed by atoms with Gasteiger partial charge in [-0.2, -0.15) is 0 Å². The van der Waals surface area contributed by atoms with E-state index in [-0.39, 0.29) is 5.60 Å². The largest absolute Gasteiger partial charge is 0.381 e. The summed E-state index contributed by atoms with van der Waals surface area (Å²) in [6.07, 6.45) is 7.36. The van der Waals surface area contributed by atoms with Gasteiger partial charge >= 0.3 is 0 Å². The maximum Gasteiger partial charge on any atom is 0.0729 e. The van der Waals surface area contributed by atoms with Crippen molar-refractivity contribution in [2.45, 2.75) is 55.9 Å². The Hall–Kier alpha value is 0.400. The molecule has 2 aliphatic heterocycles. The van der Waals surface area contributed by atoms with E-state index in [1.54, 1.807) is 0 Å². The van der Waals surface area contributed by atoms with E-state index in [9.17, 15) is 0 Å². The van der Waals surface area contributed by atoms with Crippen LogP contribution < -0.4 is 0 Å². The molecule has 0 saturated carbocycles. The molecule has 0 aromatic heterocycles. The molecule has 16 heavy (non-hydrogen) atoms. The van der Waals surface area contributed by atoms with Crippen molar-refractivity contribution in [2.75, 3.05) is 19.8 Å². The minimum Gasteiger partial charge on any atom is -0.381 e. The lowest BCUT2D eigenvalue weighted by atomic mass is 9.79. The molecule has 2 rings (SSSR count). The summed E-state index contributed by atoms with van der Waals surface area (Å²) in [6, 6.07) is 0. The Bertz CT molecular complexity index is 206. The summed E-state index contributed by atoms with van der Waals surface area (Å²) >= 11 is 3.64. The Kier molecular flexibility index (Phi) is 4.68. The first kappa shape index (κ1) is 12.8. The standard InChI is InChI=1S/C13H23BrO2/c1-11(14)2-3-12-4-7-16-13(10-12)5-8-15-9-6-13/h11-12H,2-10H2,1H3. The van der Waals surface area contributed by atoms with Crippen LogP contribution in [0.1, 0.15) is 45.4 Å². The molecule has 0 aliphatic carbocycles. The zero-order valence-corrected chi connectivity index (χ0v) is 11.8. The van der Waals surface area contributed by atoms with Crippen molar-refractivity contribution in [1.82, 2.24) is 0 Å². The van der Waals surface area contributed by atoms with E-state index in [1.807, 2.05) is 0 Å². The van der Waals surface area contributed by atoms with Gasteiger partial charge in [-0.15, -0.1) is 0 Å². The molecular formula is C13H23BrO2. The zero-order valence-electron chi connectivity index (χ0n) is 10.2. The second-order valence-electron chi connectivity index (χ2n) is 5.36. The van der Waals surface area contributed by atoms with Gasteiger partial charge in [0.25, 0.3) is 0 Å². The SMILES string of the molecule is CC(Br)CCC1CCOC2(CCOCC2)C1. The highest BCUT2D eigenvalue weighted by Crippen LogP contribution is 2.38. The van der Waals surface area contributed by atoms with Gasteiger partial charge in [0.05, 0.1) is 5.60 Å². The van der Waals surface area contributed by atoms with Crippen LogP contribution in [0.3, 0.4) is 0 Å². The van der Waals surface area contributed by atoms with Crippen molar-refractivity contribution in [3.8, 4) is 0 Å². The summed E-state index contributed by atoms with van der Waals surface area (Å²) in [6.45, 7) is 4.98. The summed E-state index contributed by atoms with van der Waals surface area (Å²) in [5.74, 6) is 0.867. The van der Waals surface area contributed by atoms with Gasteiger partial charge in [-0.3, -0.25) is 0 Å². The predicted molar refractivity (Wildman–Crippen MR) is 69.1 cm³/mol. The Morgan fingerprint density at radius 1 is 1.31 bits per heavy atom. The number of halogens is 1. The lowest BCUT2D eigenvalue weighted by molar-refractivity contribution is -0.147. The van der Waals surface area contributed by atoms with Crippen LogP contribution in [0.4, 0.5) is 0 Å². The van der Waals surface area contributed by atoms with Crippen molar-refractivity contribution < 1.29 is 9.47 Å². The monoisotopic (exact) mass is 290 g/mol. The van der Waals surface area contributed by atoms with E-state index in [2.05, 4.69) is 22.9 Å². The molecule has 0 aromatic carbocycles. The molecule has 3 heteroatoms. The molecular weight excluding hydrogens is 268 g/mol. The number of alkyl halides is 1. The van der Waals surface area contributed by atoms with Crippen molar-refractivity contribution in [3.05, 3.63) is 0 Å². The molecule has 2 aliphatic rings. The van der Waals surface area contributed by atoms with E-state index >= 15 is 0 Å². The number of ether oxygens (including phenoxy) is 2. The quantitative estimate of drug-likeness (QED) is 0.741. The van der Waals surface area contributed by atoms with Crippen LogP contribution in [0.15, 0.2) is 0 Å². The van der Waals surface area contributed by atoms with E-state index < -0.39 is 0 Å². The maximum absolute atomic E-state index is 6.05. The molecule has 2 nitrogen and oxygen atoms in total. The van der Waals surface area contributed by atoms with Gasteiger partial charge in [0.2, 0.25) is 0 Å². The van der Waals surface area contributed by atoms with E-state index in [4.69, 9.17) is 9.47 Å². The molecule has 0 bridgehead atoms. The molecule has 0 N–H and O–H groups in total. The van der Waals surface area contributed by atoms with Gasteiger partial charge in [-0.25, -0.2) is 0 Å². The second kappa shape index (κ2) is 5.83. The smallest absolute Gasteiger partial charge is 0.0729 e. The fraction of sp³-hybridized carbons (Fsp3) is 1.00. The van der Waals surface area contributed by atoms with Crippen LogP contribution in [0.5, 0.6) is 0 Å². The number of hydrogen-bond acceptors (Lipinski definition) is 2. The summed E-state index contributed by atoms with van der Waals surface area (Å²) in [5, 5.41) is 0. The highest BCUT2D eigenvalue weighted by molar-refractivity contribution is 9.09. The third-order valence-electron chi connectivity index (χ3n) is 3.97. The van der Waals surface area contributed by atoms with Crippen LogP contribution in [-0.2, 0) is 9.47 Å². The van der Waals surface area contributed by atoms with Gasteiger partial charge in [0, 0.05) is 24.6 Å². The number of rotatable bonds is 3. The number of hydrogen-bond donors (Lipinski definition) is 0. The molecule has 1 spiro atoms. The van der Waals surface area contributed by atoms with E-state index in [0.717, 1.165) is 38.6 Å². The Labute approximate surface area is 107 Å². The van der Waals surface area contributed by atoms with Gasteiger partial charge in [-0.05, 0) is 44.4 Å².